The van der Waals surface area contributed by atoms with Crippen molar-refractivity contribution in [1.82, 2.24) is 4.48 Å². The van der Waals surface area contributed by atoms with Crippen molar-refractivity contribution in [2.75, 3.05) is 7.11 Å². The van der Waals surface area contributed by atoms with Gasteiger partial charge in [0.15, 0.2) is 11.4 Å². The van der Waals surface area contributed by atoms with Gasteiger partial charge in [-0.15, -0.1) is 0 Å². The van der Waals surface area contributed by atoms with Crippen molar-refractivity contribution in [3.8, 4) is 5.75 Å². The Labute approximate surface area is 170 Å². The molecule has 4 nitrogen and oxygen atoms in total. The molecule has 1 atom stereocenters. The van der Waals surface area contributed by atoms with E-state index in [0.29, 0.717) is 35.0 Å². The van der Waals surface area contributed by atoms with Crippen molar-refractivity contribution in [3.05, 3.63) is 70.2 Å². The monoisotopic (exact) mass is 397 g/mol. The summed E-state index contributed by atoms with van der Waals surface area (Å²) in [5.74, 6) is 0.695. The van der Waals surface area contributed by atoms with Crippen LogP contribution in [0.3, 0.4) is 0 Å². The molecule has 2 aromatic rings. The number of benzene rings is 1. The zero-order chi connectivity index (χ0) is 20.9. The number of methoxy groups -OCH3 is 1. The minimum Gasteiger partial charge on any atom is -0.497 e. The van der Waals surface area contributed by atoms with Gasteiger partial charge in [-0.3, -0.25) is 0 Å². The third-order valence-corrected chi connectivity index (χ3v) is 5.99. The van der Waals surface area contributed by atoms with Crippen LogP contribution in [0.2, 0.25) is 0 Å². The largest absolute Gasteiger partial charge is 0.737 e. The summed E-state index contributed by atoms with van der Waals surface area (Å²) < 4.78 is 39.4. The average Bonchev–Trinajstić information content (AvgIpc) is 3.21. The number of nitrogens with two attached hydrogens (primary N) is 1. The maximum atomic E-state index is 15.9. The molecule has 0 amide bonds. The average molecular weight is 397 g/mol. The van der Waals surface area contributed by atoms with Crippen molar-refractivity contribution in [2.24, 2.45) is 5.73 Å². The summed E-state index contributed by atoms with van der Waals surface area (Å²) in [6.45, 7) is 1.65. The Hall–Kier alpha value is -2.67. The summed E-state index contributed by atoms with van der Waals surface area (Å²) >= 11 is 0. The SMILES string of the molecule is COc1ccc(C2=[N+]3C(=Cc4c(C)c(CCC(C)N)c(C)n4[B-]3(F)F)C=C2)cc1. The lowest BCUT2D eigenvalue weighted by Gasteiger charge is -2.30. The van der Waals surface area contributed by atoms with Crippen LogP contribution in [0, 0.1) is 13.8 Å². The van der Waals surface area contributed by atoms with Crippen LogP contribution >= 0.6 is 0 Å². The molecule has 2 N–H and O–H groups in total. The van der Waals surface area contributed by atoms with Crippen molar-refractivity contribution in [2.45, 2.75) is 39.7 Å². The van der Waals surface area contributed by atoms with Gasteiger partial charge >= 0.3 is 6.97 Å². The number of rotatable bonds is 5. The number of nitrogens with zero attached hydrogens (tertiary/aromatic N) is 2. The van der Waals surface area contributed by atoms with Gasteiger partial charge in [-0.25, -0.2) is 0 Å². The van der Waals surface area contributed by atoms with E-state index in [4.69, 9.17) is 10.5 Å². The number of aromatic nitrogens is 1. The summed E-state index contributed by atoms with van der Waals surface area (Å²) in [5.41, 5.74) is 10.8. The van der Waals surface area contributed by atoms with Gasteiger partial charge in [0.1, 0.15) is 5.75 Å². The fraction of sp³-hybridized carbons (Fsp3) is 0.318. The summed E-state index contributed by atoms with van der Waals surface area (Å²) in [7, 11) is 1.59. The number of allylic oxidation sites excluding steroid dienone is 2. The number of hydrogen-bond donors (Lipinski definition) is 1. The number of halogens is 2. The van der Waals surface area contributed by atoms with Crippen LogP contribution in [0.5, 0.6) is 5.75 Å². The maximum absolute atomic E-state index is 15.9. The van der Waals surface area contributed by atoms with Crippen molar-refractivity contribution in [3.63, 3.8) is 0 Å². The maximum Gasteiger partial charge on any atom is 0.737 e. The molecule has 7 heteroatoms. The van der Waals surface area contributed by atoms with E-state index in [0.717, 1.165) is 23.1 Å². The smallest absolute Gasteiger partial charge is 0.497 e. The molecule has 0 aliphatic carbocycles. The first-order valence-electron chi connectivity index (χ1n) is 9.94. The standard InChI is InChI=1S/C22H26BF2N3O/c1-14(26)5-11-20-15(2)22-13-18-8-12-21(17-6-9-19(29-4)10-7-17)28(18)23(24,25)27(22)16(20)3/h6-10,12-14H,5,11,26H2,1-4H3. The molecule has 2 aliphatic heterocycles. The van der Waals surface area contributed by atoms with Crippen LogP contribution in [-0.2, 0) is 6.42 Å². The minimum atomic E-state index is -4.02. The van der Waals surface area contributed by atoms with Crippen molar-refractivity contribution in [1.29, 1.82) is 0 Å². The van der Waals surface area contributed by atoms with E-state index in [9.17, 15) is 0 Å². The summed E-state index contributed by atoms with van der Waals surface area (Å²) in [5, 5.41) is 0. The van der Waals surface area contributed by atoms with Gasteiger partial charge in [-0.05, 0) is 74.7 Å². The Bertz CT molecular complexity index is 1060. The van der Waals surface area contributed by atoms with Crippen LogP contribution in [0.15, 0.2) is 42.1 Å². The highest BCUT2D eigenvalue weighted by atomic mass is 19.2. The van der Waals surface area contributed by atoms with Gasteiger partial charge in [0.25, 0.3) is 0 Å². The molecule has 2 aliphatic rings. The quantitative estimate of drug-likeness (QED) is 0.774. The fourth-order valence-corrected chi connectivity index (χ4v) is 4.43. The van der Waals surface area contributed by atoms with E-state index in [2.05, 4.69) is 0 Å². The second kappa shape index (κ2) is 6.99. The Morgan fingerprint density at radius 3 is 2.48 bits per heavy atom. The molecular weight excluding hydrogens is 371 g/mol. The van der Waals surface area contributed by atoms with Crippen LogP contribution < -0.4 is 10.5 Å². The summed E-state index contributed by atoms with van der Waals surface area (Å²) in [6.07, 6.45) is 6.87. The number of ether oxygens (including phenoxy) is 1. The number of hydrogen-bond acceptors (Lipinski definition) is 2. The van der Waals surface area contributed by atoms with Gasteiger partial charge in [0.2, 0.25) is 0 Å². The first-order chi connectivity index (χ1) is 13.8. The molecule has 1 aromatic heterocycles. The van der Waals surface area contributed by atoms with Crippen LogP contribution in [-0.4, -0.2) is 34.8 Å². The Morgan fingerprint density at radius 2 is 1.86 bits per heavy atom. The molecule has 152 valence electrons. The molecule has 1 unspecified atom stereocenters. The predicted molar refractivity (Wildman–Crippen MR) is 114 cm³/mol. The highest BCUT2D eigenvalue weighted by molar-refractivity contribution is 6.58. The van der Waals surface area contributed by atoms with Gasteiger partial charge < -0.3 is 28.1 Å². The van der Waals surface area contributed by atoms with E-state index >= 15 is 8.63 Å². The molecule has 4 rings (SSSR count). The molecule has 3 heterocycles. The van der Waals surface area contributed by atoms with Crippen molar-refractivity contribution < 1.29 is 17.9 Å². The Kier molecular flexibility index (Phi) is 4.73. The van der Waals surface area contributed by atoms with E-state index in [1.54, 1.807) is 38.3 Å². The Morgan fingerprint density at radius 1 is 1.17 bits per heavy atom. The molecule has 0 saturated heterocycles. The molecule has 29 heavy (non-hydrogen) atoms. The van der Waals surface area contributed by atoms with Crippen molar-refractivity contribution >= 4 is 18.8 Å². The highest BCUT2D eigenvalue weighted by Gasteiger charge is 2.53. The lowest BCUT2D eigenvalue weighted by Crippen LogP contribution is -2.50. The first-order valence-corrected chi connectivity index (χ1v) is 9.94. The first kappa shape index (κ1) is 19.6. The lowest BCUT2D eigenvalue weighted by molar-refractivity contribution is -0.360. The zero-order valence-electron chi connectivity index (χ0n) is 17.2. The predicted octanol–water partition coefficient (Wildman–Crippen LogP) is 4.04. The van der Waals surface area contributed by atoms with Gasteiger partial charge in [0.05, 0.1) is 7.11 Å². The minimum absolute atomic E-state index is 0.0381. The van der Waals surface area contributed by atoms with E-state index in [1.165, 1.54) is 8.96 Å². The summed E-state index contributed by atoms with van der Waals surface area (Å²) in [6, 6.07) is 7.23. The molecule has 0 bridgehead atoms. The highest BCUT2D eigenvalue weighted by Crippen LogP contribution is 2.37. The number of fused-ring (bicyclic) bond motifs is 2. The molecule has 0 radical (unpaired) electrons. The zero-order valence-corrected chi connectivity index (χ0v) is 17.2. The summed E-state index contributed by atoms with van der Waals surface area (Å²) in [4.78, 5) is 0. The lowest BCUT2D eigenvalue weighted by atomic mass is 9.90. The molecule has 0 spiro atoms. The van der Waals surface area contributed by atoms with E-state index in [-0.39, 0.29) is 6.04 Å². The van der Waals surface area contributed by atoms with Crippen LogP contribution in [0.25, 0.3) is 6.08 Å². The third-order valence-electron chi connectivity index (χ3n) is 5.99. The fourth-order valence-electron chi connectivity index (χ4n) is 4.43. The normalized spacial score (nSPS) is 17.8. The second-order valence-corrected chi connectivity index (χ2v) is 7.93. The molecular formula is C22H26BF2N3O. The van der Waals surface area contributed by atoms with Crippen LogP contribution in [0.1, 0.15) is 41.4 Å². The van der Waals surface area contributed by atoms with Crippen LogP contribution in [0.4, 0.5) is 8.63 Å². The van der Waals surface area contributed by atoms with E-state index in [1.807, 2.05) is 32.1 Å². The topological polar surface area (TPSA) is 43.2 Å². The molecule has 0 saturated carbocycles. The molecule has 0 fully saturated rings. The molecule has 1 aromatic carbocycles. The Balaban J connectivity index is 1.85. The van der Waals surface area contributed by atoms with Gasteiger partial charge in [0, 0.05) is 35.5 Å². The van der Waals surface area contributed by atoms with E-state index < -0.39 is 6.97 Å². The second-order valence-electron chi connectivity index (χ2n) is 7.93. The van der Waals surface area contributed by atoms with Gasteiger partial charge in [-0.1, -0.05) is 0 Å². The third kappa shape index (κ3) is 3.04. The van der Waals surface area contributed by atoms with Gasteiger partial charge in [-0.2, -0.15) is 0 Å².